The summed E-state index contributed by atoms with van der Waals surface area (Å²) in [6.07, 6.45) is 0.391. The van der Waals surface area contributed by atoms with Gasteiger partial charge in [0.1, 0.15) is 0 Å². The van der Waals surface area contributed by atoms with Gasteiger partial charge in [0, 0.05) is 18.1 Å². The third kappa shape index (κ3) is 5.59. The van der Waals surface area contributed by atoms with Crippen LogP contribution in [0.15, 0.2) is 0 Å². The van der Waals surface area contributed by atoms with E-state index in [1.807, 2.05) is 20.8 Å². The first kappa shape index (κ1) is 14.2. The number of nitrogens with two attached hydrogens (primary N) is 1. The lowest BCUT2D eigenvalue weighted by Gasteiger charge is -2.33. The molecule has 1 atom stereocenters. The minimum Gasteiger partial charge on any atom is -0.465 e. The van der Waals surface area contributed by atoms with E-state index in [9.17, 15) is 4.79 Å². The molecule has 90 valence electrons. The minimum absolute atomic E-state index is 0.0530. The largest absolute Gasteiger partial charge is 0.465 e. The summed E-state index contributed by atoms with van der Waals surface area (Å²) < 4.78 is 0. The molecule has 0 aromatic rings. The van der Waals surface area contributed by atoms with Gasteiger partial charge >= 0.3 is 6.09 Å². The summed E-state index contributed by atoms with van der Waals surface area (Å²) in [6.45, 7) is 5.96. The quantitative estimate of drug-likeness (QED) is 0.639. The molecule has 0 radical (unpaired) electrons. The van der Waals surface area contributed by atoms with Crippen molar-refractivity contribution >= 4 is 6.09 Å². The maximum absolute atomic E-state index is 10.9. The Bertz CT molecular complexity index is 201. The van der Waals surface area contributed by atoms with E-state index in [0.717, 1.165) is 0 Å². The monoisotopic (exact) mass is 218 g/mol. The standard InChI is InChI=1S/C10H22N2O3/c1-10(2,3)12(9(14)15)6-4-5-8(11)7-13/h8,13H,4-7,11H2,1-3H3,(H,14,15)/t8-/m0/s1. The van der Waals surface area contributed by atoms with Gasteiger partial charge in [-0.3, -0.25) is 0 Å². The number of hydrogen-bond acceptors (Lipinski definition) is 3. The van der Waals surface area contributed by atoms with Gasteiger partial charge in [0.05, 0.1) is 6.61 Å². The zero-order valence-electron chi connectivity index (χ0n) is 9.73. The van der Waals surface area contributed by atoms with E-state index in [-0.39, 0.29) is 12.6 Å². The van der Waals surface area contributed by atoms with Crippen LogP contribution in [0.1, 0.15) is 33.6 Å². The summed E-state index contributed by atoms with van der Waals surface area (Å²) in [5.74, 6) is 0. The lowest BCUT2D eigenvalue weighted by atomic mass is 10.1. The Morgan fingerprint density at radius 1 is 1.47 bits per heavy atom. The van der Waals surface area contributed by atoms with Crippen molar-refractivity contribution in [2.75, 3.05) is 13.2 Å². The molecule has 0 heterocycles. The topological polar surface area (TPSA) is 86.8 Å². The van der Waals surface area contributed by atoms with Gasteiger partial charge in [0.15, 0.2) is 0 Å². The lowest BCUT2D eigenvalue weighted by Crippen LogP contribution is -2.45. The number of aliphatic hydroxyl groups excluding tert-OH is 1. The molecular weight excluding hydrogens is 196 g/mol. The number of nitrogens with zero attached hydrogens (tertiary/aromatic N) is 1. The second-order valence-electron chi connectivity index (χ2n) is 4.69. The molecule has 5 nitrogen and oxygen atoms in total. The Morgan fingerprint density at radius 2 is 2.00 bits per heavy atom. The van der Waals surface area contributed by atoms with Gasteiger partial charge < -0.3 is 20.8 Å². The number of carbonyl (C=O) groups is 1. The van der Waals surface area contributed by atoms with Crippen molar-refractivity contribution < 1.29 is 15.0 Å². The normalized spacial score (nSPS) is 13.7. The molecule has 0 saturated heterocycles. The molecule has 0 aliphatic heterocycles. The van der Waals surface area contributed by atoms with Crippen LogP contribution in [0.5, 0.6) is 0 Å². The average molecular weight is 218 g/mol. The summed E-state index contributed by atoms with van der Waals surface area (Å²) in [5, 5.41) is 17.7. The van der Waals surface area contributed by atoms with Crippen molar-refractivity contribution in [1.29, 1.82) is 0 Å². The van der Waals surface area contributed by atoms with Gasteiger partial charge in [-0.2, -0.15) is 0 Å². The van der Waals surface area contributed by atoms with Crippen molar-refractivity contribution in [3.63, 3.8) is 0 Å². The van der Waals surface area contributed by atoms with Gasteiger partial charge in [-0.15, -0.1) is 0 Å². The van der Waals surface area contributed by atoms with Crippen LogP contribution in [0.3, 0.4) is 0 Å². The third-order valence-corrected chi connectivity index (χ3v) is 2.23. The summed E-state index contributed by atoms with van der Waals surface area (Å²) in [5.41, 5.74) is 5.13. The molecule has 0 saturated carbocycles. The molecule has 5 heteroatoms. The first-order chi connectivity index (χ1) is 6.79. The number of rotatable bonds is 5. The fourth-order valence-corrected chi connectivity index (χ4v) is 1.32. The van der Waals surface area contributed by atoms with Gasteiger partial charge in [-0.1, -0.05) is 0 Å². The maximum Gasteiger partial charge on any atom is 0.407 e. The molecule has 0 aromatic heterocycles. The number of aliphatic hydroxyl groups is 1. The Hall–Kier alpha value is -0.810. The van der Waals surface area contributed by atoms with Crippen LogP contribution in [0, 0.1) is 0 Å². The first-order valence-electron chi connectivity index (χ1n) is 5.16. The van der Waals surface area contributed by atoms with Gasteiger partial charge in [-0.05, 0) is 33.6 Å². The van der Waals surface area contributed by atoms with E-state index in [2.05, 4.69) is 0 Å². The van der Waals surface area contributed by atoms with Crippen LogP contribution >= 0.6 is 0 Å². The molecule has 0 fully saturated rings. The van der Waals surface area contributed by atoms with E-state index >= 15 is 0 Å². The Labute approximate surface area is 90.9 Å². The van der Waals surface area contributed by atoms with Crippen molar-refractivity contribution in [3.05, 3.63) is 0 Å². The molecule has 0 aliphatic rings. The molecule has 0 unspecified atom stereocenters. The van der Waals surface area contributed by atoms with E-state index in [1.54, 1.807) is 0 Å². The number of carboxylic acid groups (broad SMARTS) is 1. The van der Waals surface area contributed by atoms with Crippen LogP contribution in [0.2, 0.25) is 0 Å². The summed E-state index contributed by atoms with van der Waals surface area (Å²) >= 11 is 0. The van der Waals surface area contributed by atoms with Crippen molar-refractivity contribution in [3.8, 4) is 0 Å². The molecule has 0 bridgehead atoms. The second kappa shape index (κ2) is 5.92. The zero-order chi connectivity index (χ0) is 12.1. The van der Waals surface area contributed by atoms with Gasteiger partial charge in [0.2, 0.25) is 0 Å². The number of hydrogen-bond donors (Lipinski definition) is 3. The average Bonchev–Trinajstić information content (AvgIpc) is 2.09. The smallest absolute Gasteiger partial charge is 0.407 e. The van der Waals surface area contributed by atoms with Crippen molar-refractivity contribution in [2.24, 2.45) is 5.73 Å². The highest BCUT2D eigenvalue weighted by molar-refractivity contribution is 5.65. The highest BCUT2D eigenvalue weighted by Gasteiger charge is 2.25. The Balaban J connectivity index is 4.05. The van der Waals surface area contributed by atoms with Gasteiger partial charge in [0.25, 0.3) is 0 Å². The fourth-order valence-electron chi connectivity index (χ4n) is 1.32. The van der Waals surface area contributed by atoms with Crippen LogP contribution in [-0.2, 0) is 0 Å². The minimum atomic E-state index is -0.917. The number of amides is 1. The molecular formula is C10H22N2O3. The fraction of sp³-hybridized carbons (Fsp3) is 0.900. The third-order valence-electron chi connectivity index (χ3n) is 2.23. The Kier molecular flexibility index (Phi) is 5.60. The lowest BCUT2D eigenvalue weighted by molar-refractivity contribution is 0.0982. The van der Waals surface area contributed by atoms with Crippen molar-refractivity contribution in [2.45, 2.75) is 45.2 Å². The first-order valence-corrected chi connectivity index (χ1v) is 5.16. The second-order valence-corrected chi connectivity index (χ2v) is 4.69. The van der Waals surface area contributed by atoms with E-state index in [4.69, 9.17) is 15.9 Å². The summed E-state index contributed by atoms with van der Waals surface area (Å²) in [4.78, 5) is 12.3. The molecule has 1 amide bonds. The van der Waals surface area contributed by atoms with Crippen molar-refractivity contribution in [1.82, 2.24) is 4.90 Å². The summed E-state index contributed by atoms with van der Waals surface area (Å²) in [7, 11) is 0. The van der Waals surface area contributed by atoms with E-state index < -0.39 is 11.6 Å². The zero-order valence-corrected chi connectivity index (χ0v) is 9.73. The highest BCUT2D eigenvalue weighted by atomic mass is 16.4. The molecule has 15 heavy (non-hydrogen) atoms. The van der Waals surface area contributed by atoms with Crippen LogP contribution in [-0.4, -0.2) is 45.9 Å². The highest BCUT2D eigenvalue weighted by Crippen LogP contribution is 2.14. The van der Waals surface area contributed by atoms with E-state index in [0.29, 0.717) is 19.4 Å². The Morgan fingerprint density at radius 3 is 2.33 bits per heavy atom. The van der Waals surface area contributed by atoms with Gasteiger partial charge in [-0.25, -0.2) is 4.79 Å². The molecule has 0 rings (SSSR count). The predicted octanol–water partition coefficient (Wildman–Crippen LogP) is 0.865. The summed E-state index contributed by atoms with van der Waals surface area (Å²) in [6, 6.07) is -0.249. The maximum atomic E-state index is 10.9. The molecule has 0 spiro atoms. The van der Waals surface area contributed by atoms with E-state index in [1.165, 1.54) is 4.90 Å². The molecule has 4 N–H and O–H groups in total. The van der Waals surface area contributed by atoms with Crippen LogP contribution in [0.25, 0.3) is 0 Å². The molecule has 0 aliphatic carbocycles. The predicted molar refractivity (Wildman–Crippen MR) is 58.8 cm³/mol. The van der Waals surface area contributed by atoms with Crippen LogP contribution < -0.4 is 5.73 Å². The van der Waals surface area contributed by atoms with Crippen LogP contribution in [0.4, 0.5) is 4.79 Å². The molecule has 0 aromatic carbocycles. The SMILES string of the molecule is CC(C)(C)N(CCC[C@H](N)CO)C(=O)O.